The Morgan fingerprint density at radius 3 is 2.80 bits per heavy atom. The van der Waals surface area contributed by atoms with E-state index in [-0.39, 0.29) is 47.2 Å². The lowest BCUT2D eigenvalue weighted by molar-refractivity contribution is -0.119. The van der Waals surface area contributed by atoms with E-state index >= 15 is 0 Å². The molecule has 12 heteroatoms. The summed E-state index contributed by atoms with van der Waals surface area (Å²) >= 11 is 9.20. The van der Waals surface area contributed by atoms with Gasteiger partial charge in [0.15, 0.2) is 11.6 Å². The van der Waals surface area contributed by atoms with E-state index in [0.717, 1.165) is 41.8 Å². The molecule has 3 N–H and O–H groups in total. The highest BCUT2D eigenvalue weighted by Gasteiger charge is 2.27. The van der Waals surface area contributed by atoms with Crippen molar-refractivity contribution in [1.82, 2.24) is 10.3 Å². The fourth-order valence-corrected chi connectivity index (χ4v) is 6.18. The topological polar surface area (TPSA) is 119 Å². The third-order valence-corrected chi connectivity index (χ3v) is 8.82. The first-order valence-electron chi connectivity index (χ1n) is 14.5. The molecule has 0 aliphatic carbocycles. The van der Waals surface area contributed by atoms with E-state index in [9.17, 15) is 18.8 Å². The van der Waals surface area contributed by atoms with Crippen LogP contribution in [0.25, 0.3) is 11.1 Å². The van der Waals surface area contributed by atoms with Crippen LogP contribution in [-0.2, 0) is 16.0 Å². The summed E-state index contributed by atoms with van der Waals surface area (Å²) in [5.41, 5.74) is 4.01. The third kappa shape index (κ3) is 7.06. The monoisotopic (exact) mass is 686 g/mol. The molecule has 9 nitrogen and oxygen atoms in total. The summed E-state index contributed by atoms with van der Waals surface area (Å²) < 4.78 is 25.9. The Balaban J connectivity index is 1.51. The highest BCUT2D eigenvalue weighted by atomic mass is 79.9. The summed E-state index contributed by atoms with van der Waals surface area (Å²) in [6.07, 6.45) is 2.98. The Labute approximate surface area is 268 Å². The lowest BCUT2D eigenvalue weighted by atomic mass is 9.93. The second kappa shape index (κ2) is 14.0. The number of nitrogens with one attached hydrogen (secondary N) is 3. The molecule has 2 bridgehead atoms. The van der Waals surface area contributed by atoms with E-state index in [2.05, 4.69) is 31.9 Å². The standard InChI is InChI=1S/C32H33BrClFN4O5/c1-17-5-3-6-23(36-13-12-27(40)28-21(33)10-11-22(34)29(28)35)26-16-20(30-24(38-26)7-4-14-44-30)19-9-8-18(37-32(42)43-2)15-25(19)39-31(17)41/h8-11,15-17,23,36H,3-7,12-14H2,1-2H3,(H,37,42)(H,39,41)/t17-,23+/m1/s1. The van der Waals surface area contributed by atoms with E-state index in [1.807, 2.05) is 19.1 Å². The zero-order chi connectivity index (χ0) is 31.4. The molecule has 0 fully saturated rings. The van der Waals surface area contributed by atoms with Gasteiger partial charge in [-0.05, 0) is 71.9 Å². The van der Waals surface area contributed by atoms with E-state index in [1.54, 1.807) is 18.2 Å². The van der Waals surface area contributed by atoms with Gasteiger partial charge in [0.25, 0.3) is 0 Å². The number of fused-ring (bicyclic) bond motifs is 6. The van der Waals surface area contributed by atoms with Crippen LogP contribution >= 0.6 is 27.5 Å². The minimum atomic E-state index is -0.742. The molecule has 2 atom stereocenters. The van der Waals surface area contributed by atoms with Crippen molar-refractivity contribution >= 4 is 56.7 Å². The van der Waals surface area contributed by atoms with Gasteiger partial charge in [-0.25, -0.2) is 9.18 Å². The van der Waals surface area contributed by atoms with Gasteiger partial charge in [-0.15, -0.1) is 0 Å². The van der Waals surface area contributed by atoms with Crippen molar-refractivity contribution < 1.29 is 28.2 Å². The van der Waals surface area contributed by atoms with Gasteiger partial charge in [-0.3, -0.25) is 19.9 Å². The number of ether oxygens (including phenoxy) is 2. The molecule has 232 valence electrons. The quantitative estimate of drug-likeness (QED) is 0.182. The normalized spacial score (nSPS) is 18.0. The number of rotatable bonds is 6. The maximum absolute atomic E-state index is 14.7. The number of carbonyl (C=O) groups excluding carboxylic acids is 3. The van der Waals surface area contributed by atoms with Crippen molar-refractivity contribution in [2.75, 3.05) is 30.9 Å². The van der Waals surface area contributed by atoms with E-state index in [4.69, 9.17) is 26.1 Å². The Bertz CT molecular complexity index is 1600. The average Bonchev–Trinajstić information content (AvgIpc) is 3.01. The molecule has 5 rings (SSSR count). The molecule has 0 unspecified atom stereocenters. The first-order chi connectivity index (χ1) is 21.2. The third-order valence-electron chi connectivity index (χ3n) is 7.87. The SMILES string of the molecule is COC(=O)Nc1ccc2c(c1)NC(=O)[C@H](C)CCC[C@H](NCCC(=O)c1c(Br)ccc(Cl)c1F)c1cc-2c2c(n1)CCCO2. The zero-order valence-electron chi connectivity index (χ0n) is 24.4. The van der Waals surface area contributed by atoms with Crippen molar-refractivity contribution in [2.45, 2.75) is 51.5 Å². The number of nitrogens with zero attached hydrogens (tertiary/aromatic N) is 1. The molecule has 2 aliphatic rings. The Kier molecular flexibility index (Phi) is 10.2. The number of amides is 2. The van der Waals surface area contributed by atoms with Gasteiger partial charge in [0.1, 0.15) is 5.75 Å². The molecule has 2 amide bonds. The summed E-state index contributed by atoms with van der Waals surface area (Å²) in [5.74, 6) is -0.893. The maximum Gasteiger partial charge on any atom is 0.411 e. The van der Waals surface area contributed by atoms with Crippen LogP contribution in [0.4, 0.5) is 20.6 Å². The van der Waals surface area contributed by atoms with Crippen LogP contribution in [0.1, 0.15) is 66.8 Å². The van der Waals surface area contributed by atoms with Crippen LogP contribution in [0.2, 0.25) is 5.02 Å². The van der Waals surface area contributed by atoms with Gasteiger partial charge in [0.05, 0.1) is 41.4 Å². The molecule has 0 radical (unpaired) electrons. The van der Waals surface area contributed by atoms with Crippen LogP contribution in [0, 0.1) is 11.7 Å². The van der Waals surface area contributed by atoms with Crippen molar-refractivity contribution in [3.8, 4) is 16.9 Å². The van der Waals surface area contributed by atoms with Crippen molar-refractivity contribution in [1.29, 1.82) is 0 Å². The highest BCUT2D eigenvalue weighted by Crippen LogP contribution is 2.42. The predicted molar refractivity (Wildman–Crippen MR) is 170 cm³/mol. The average molecular weight is 688 g/mol. The molecule has 0 saturated carbocycles. The highest BCUT2D eigenvalue weighted by molar-refractivity contribution is 9.10. The number of pyridine rings is 1. The molecular formula is C32H33BrClFN4O5. The number of hydrogen-bond donors (Lipinski definition) is 3. The lowest BCUT2D eigenvalue weighted by Crippen LogP contribution is -2.27. The Morgan fingerprint density at radius 2 is 2.00 bits per heavy atom. The number of anilines is 2. The molecule has 2 aliphatic heterocycles. The number of Topliss-reactive ketones (excluding diaryl/α,β-unsaturated/α-hetero) is 1. The van der Waals surface area contributed by atoms with Gasteiger partial charge in [-0.1, -0.05) is 31.0 Å². The number of ketones is 1. The summed E-state index contributed by atoms with van der Waals surface area (Å²) in [5, 5.41) is 9.08. The Morgan fingerprint density at radius 1 is 1.18 bits per heavy atom. The molecule has 3 aromatic rings. The van der Waals surface area contributed by atoms with E-state index in [1.165, 1.54) is 13.2 Å². The number of aromatic nitrogens is 1. The van der Waals surface area contributed by atoms with Crippen LogP contribution in [0.5, 0.6) is 5.75 Å². The molecule has 44 heavy (non-hydrogen) atoms. The molecular weight excluding hydrogens is 655 g/mol. The second-order valence-electron chi connectivity index (χ2n) is 10.9. The number of aryl methyl sites for hydroxylation is 1. The van der Waals surface area contributed by atoms with Crippen LogP contribution < -0.4 is 20.7 Å². The first kappa shape index (κ1) is 31.9. The van der Waals surface area contributed by atoms with Crippen molar-refractivity contribution in [2.24, 2.45) is 5.92 Å². The number of carbonyl (C=O) groups is 3. The number of benzene rings is 2. The minimum absolute atomic E-state index is 0.0465. The second-order valence-corrected chi connectivity index (χ2v) is 12.2. The van der Waals surface area contributed by atoms with Gasteiger partial charge in [-0.2, -0.15) is 0 Å². The predicted octanol–water partition coefficient (Wildman–Crippen LogP) is 7.47. The molecule has 0 saturated heterocycles. The lowest BCUT2D eigenvalue weighted by Gasteiger charge is -2.27. The summed E-state index contributed by atoms with van der Waals surface area (Å²) in [6.45, 7) is 2.70. The Hall–Kier alpha value is -3.54. The fraction of sp³-hybridized carbons (Fsp3) is 0.375. The summed E-state index contributed by atoms with van der Waals surface area (Å²) in [6, 6.07) is 9.95. The van der Waals surface area contributed by atoms with Gasteiger partial charge in [0, 0.05) is 46.2 Å². The van der Waals surface area contributed by atoms with Crippen molar-refractivity contribution in [3.63, 3.8) is 0 Å². The van der Waals surface area contributed by atoms with Gasteiger partial charge < -0.3 is 20.1 Å². The van der Waals surface area contributed by atoms with Gasteiger partial charge in [0.2, 0.25) is 5.91 Å². The summed E-state index contributed by atoms with van der Waals surface area (Å²) in [4.78, 5) is 43.2. The number of halogens is 3. The minimum Gasteiger partial charge on any atom is -0.491 e. The first-order valence-corrected chi connectivity index (χ1v) is 15.7. The van der Waals surface area contributed by atoms with E-state index in [0.29, 0.717) is 41.0 Å². The number of hydrogen-bond acceptors (Lipinski definition) is 7. The van der Waals surface area contributed by atoms with Crippen LogP contribution in [0.3, 0.4) is 0 Å². The number of methoxy groups -OCH3 is 1. The van der Waals surface area contributed by atoms with E-state index < -0.39 is 11.9 Å². The zero-order valence-corrected chi connectivity index (χ0v) is 26.7. The van der Waals surface area contributed by atoms with Crippen LogP contribution in [0.15, 0.2) is 40.9 Å². The summed E-state index contributed by atoms with van der Waals surface area (Å²) in [7, 11) is 1.28. The van der Waals surface area contributed by atoms with Crippen molar-refractivity contribution in [3.05, 3.63) is 68.7 Å². The smallest absolute Gasteiger partial charge is 0.411 e. The van der Waals surface area contributed by atoms with Crippen LogP contribution in [-0.4, -0.2) is 43.0 Å². The molecule has 3 heterocycles. The fourth-order valence-electron chi connectivity index (χ4n) is 5.50. The maximum atomic E-state index is 14.7. The molecule has 1 aromatic heterocycles. The molecule has 0 spiro atoms. The molecule has 2 aromatic carbocycles. The largest absolute Gasteiger partial charge is 0.491 e. The van der Waals surface area contributed by atoms with Gasteiger partial charge >= 0.3 is 6.09 Å².